The molecular formula is C12H13Cl2NO3. The van der Waals surface area contributed by atoms with Crippen LogP contribution in [0.25, 0.3) is 0 Å². The number of ketones is 1. The molecule has 0 aliphatic carbocycles. The van der Waals surface area contributed by atoms with Crippen LogP contribution in [0.4, 0.5) is 4.79 Å². The number of alkyl halides is 2. The zero-order valence-electron chi connectivity index (χ0n) is 9.73. The Bertz CT molecular complexity index is 409. The van der Waals surface area contributed by atoms with Crippen molar-refractivity contribution in [3.8, 4) is 0 Å². The number of hydrogen-bond acceptors (Lipinski definition) is 3. The average molecular weight is 290 g/mol. The third-order valence-electron chi connectivity index (χ3n) is 2.32. The predicted molar refractivity (Wildman–Crippen MR) is 70.0 cm³/mol. The van der Waals surface area contributed by atoms with Gasteiger partial charge in [-0.15, -0.1) is 0 Å². The van der Waals surface area contributed by atoms with Gasteiger partial charge in [0.2, 0.25) is 0 Å². The van der Waals surface area contributed by atoms with E-state index in [0.29, 0.717) is 6.42 Å². The van der Waals surface area contributed by atoms with Gasteiger partial charge >= 0.3 is 6.09 Å². The van der Waals surface area contributed by atoms with Crippen LogP contribution in [0.2, 0.25) is 0 Å². The number of alkyl carbamates (subject to hydrolysis) is 1. The van der Waals surface area contributed by atoms with E-state index in [4.69, 9.17) is 23.2 Å². The molecule has 1 atom stereocenters. The first-order chi connectivity index (χ1) is 8.54. The van der Waals surface area contributed by atoms with Crippen molar-refractivity contribution in [3.63, 3.8) is 0 Å². The zero-order chi connectivity index (χ0) is 13.5. The number of ether oxygens (including phenoxy) is 1. The molecule has 0 fully saturated rings. The van der Waals surface area contributed by atoms with Crippen LogP contribution in [0.5, 0.6) is 0 Å². The normalized spacial score (nSPS) is 12.0. The van der Waals surface area contributed by atoms with Crippen LogP contribution in [0, 0.1) is 0 Å². The van der Waals surface area contributed by atoms with Crippen molar-refractivity contribution in [2.45, 2.75) is 17.3 Å². The summed E-state index contributed by atoms with van der Waals surface area (Å²) in [5, 5.41) is 2.42. The maximum Gasteiger partial charge on any atom is 0.407 e. The Morgan fingerprint density at radius 2 is 1.89 bits per heavy atom. The topological polar surface area (TPSA) is 55.4 Å². The molecule has 0 spiro atoms. The minimum atomic E-state index is -1.18. The molecule has 1 aromatic carbocycles. The highest BCUT2D eigenvalue weighted by Crippen LogP contribution is 2.11. The Hall–Kier alpha value is -1.26. The van der Waals surface area contributed by atoms with E-state index < -0.39 is 22.8 Å². The third-order valence-corrected chi connectivity index (χ3v) is 2.75. The van der Waals surface area contributed by atoms with Crippen molar-refractivity contribution < 1.29 is 14.3 Å². The van der Waals surface area contributed by atoms with E-state index >= 15 is 0 Å². The van der Waals surface area contributed by atoms with Gasteiger partial charge in [0.15, 0.2) is 10.6 Å². The lowest BCUT2D eigenvalue weighted by atomic mass is 10.0. The molecule has 0 heterocycles. The second-order valence-corrected chi connectivity index (χ2v) is 4.68. The molecule has 0 aromatic heterocycles. The van der Waals surface area contributed by atoms with Gasteiger partial charge in [-0.2, -0.15) is 0 Å². The van der Waals surface area contributed by atoms with E-state index in [2.05, 4.69) is 10.1 Å². The summed E-state index contributed by atoms with van der Waals surface area (Å²) in [6.07, 6.45) is -0.386. The molecule has 0 saturated carbocycles. The summed E-state index contributed by atoms with van der Waals surface area (Å²) < 4.78 is 4.46. The second kappa shape index (κ2) is 7.24. The van der Waals surface area contributed by atoms with Gasteiger partial charge in [0.05, 0.1) is 13.2 Å². The minimum Gasteiger partial charge on any atom is -0.453 e. The number of halogens is 2. The maximum atomic E-state index is 11.8. The van der Waals surface area contributed by atoms with Crippen LogP contribution < -0.4 is 5.32 Å². The fourth-order valence-electron chi connectivity index (χ4n) is 1.43. The second-order valence-electron chi connectivity index (χ2n) is 3.58. The summed E-state index contributed by atoms with van der Waals surface area (Å²) in [4.78, 5) is 21.7. The van der Waals surface area contributed by atoms with Crippen molar-refractivity contribution in [1.29, 1.82) is 0 Å². The monoisotopic (exact) mass is 289 g/mol. The SMILES string of the molecule is COC(=O)N[C@H](Cc1ccccc1)C(=O)C(Cl)Cl. The lowest BCUT2D eigenvalue weighted by Crippen LogP contribution is -2.44. The van der Waals surface area contributed by atoms with Crippen LogP contribution in [0.3, 0.4) is 0 Å². The molecule has 0 aliphatic heterocycles. The Kier molecular flexibility index (Phi) is 5.95. The summed E-state index contributed by atoms with van der Waals surface area (Å²) >= 11 is 11.1. The quantitative estimate of drug-likeness (QED) is 0.847. The Labute approximate surface area is 115 Å². The predicted octanol–water partition coefficient (Wildman–Crippen LogP) is 2.33. The summed E-state index contributed by atoms with van der Waals surface area (Å²) in [5.74, 6) is -0.465. The van der Waals surface area contributed by atoms with Gasteiger partial charge in [0, 0.05) is 0 Å². The van der Waals surface area contributed by atoms with Gasteiger partial charge in [-0.3, -0.25) is 4.79 Å². The van der Waals surface area contributed by atoms with E-state index in [1.165, 1.54) is 7.11 Å². The Morgan fingerprint density at radius 3 is 2.39 bits per heavy atom. The number of nitrogens with one attached hydrogen (secondary N) is 1. The summed E-state index contributed by atoms with van der Waals surface area (Å²) in [7, 11) is 1.22. The number of benzene rings is 1. The van der Waals surface area contributed by atoms with E-state index in [1.807, 2.05) is 30.3 Å². The van der Waals surface area contributed by atoms with Crippen molar-refractivity contribution in [2.75, 3.05) is 7.11 Å². The van der Waals surface area contributed by atoms with Crippen LogP contribution in [-0.2, 0) is 16.0 Å². The number of amides is 1. The first kappa shape index (κ1) is 14.8. The molecule has 1 N–H and O–H groups in total. The molecule has 18 heavy (non-hydrogen) atoms. The minimum absolute atomic E-state index is 0.310. The highest BCUT2D eigenvalue weighted by Gasteiger charge is 2.26. The maximum absolute atomic E-state index is 11.8. The molecule has 0 unspecified atom stereocenters. The average Bonchev–Trinajstić information content (AvgIpc) is 2.38. The summed E-state index contributed by atoms with van der Waals surface area (Å²) in [5.41, 5.74) is 0.890. The van der Waals surface area contributed by atoms with Gasteiger partial charge < -0.3 is 10.1 Å². The van der Waals surface area contributed by atoms with E-state index in [1.54, 1.807) is 0 Å². The molecule has 0 aliphatic rings. The largest absolute Gasteiger partial charge is 0.453 e. The standard InChI is InChI=1S/C12H13Cl2NO3/c1-18-12(17)15-9(10(16)11(13)14)7-8-5-3-2-4-6-8/h2-6,9,11H,7H2,1H3,(H,15,17)/t9-/m1/s1. The number of carbonyl (C=O) groups excluding carboxylic acids is 2. The summed E-state index contributed by atoms with van der Waals surface area (Å²) in [6, 6.07) is 8.43. The van der Waals surface area contributed by atoms with Crippen molar-refractivity contribution in [3.05, 3.63) is 35.9 Å². The molecule has 0 saturated heterocycles. The van der Waals surface area contributed by atoms with Crippen LogP contribution in [-0.4, -0.2) is 29.9 Å². The lowest BCUT2D eigenvalue weighted by Gasteiger charge is -2.17. The lowest BCUT2D eigenvalue weighted by molar-refractivity contribution is -0.119. The van der Waals surface area contributed by atoms with Crippen LogP contribution >= 0.6 is 23.2 Å². The molecule has 0 radical (unpaired) electrons. The van der Waals surface area contributed by atoms with Gasteiger partial charge in [0.25, 0.3) is 0 Å². The van der Waals surface area contributed by atoms with E-state index in [-0.39, 0.29) is 0 Å². The van der Waals surface area contributed by atoms with Gasteiger partial charge in [-0.1, -0.05) is 53.5 Å². The molecule has 1 aromatic rings. The molecule has 0 bridgehead atoms. The molecule has 6 heteroatoms. The van der Waals surface area contributed by atoms with Gasteiger partial charge in [-0.25, -0.2) is 4.79 Å². The van der Waals surface area contributed by atoms with E-state index in [9.17, 15) is 9.59 Å². The first-order valence-corrected chi connectivity index (χ1v) is 6.12. The van der Waals surface area contributed by atoms with Crippen molar-refractivity contribution >= 4 is 35.1 Å². The molecule has 4 nitrogen and oxygen atoms in total. The molecule has 98 valence electrons. The van der Waals surface area contributed by atoms with E-state index in [0.717, 1.165) is 5.56 Å². The molecular weight excluding hydrogens is 277 g/mol. The fourth-order valence-corrected chi connectivity index (χ4v) is 1.73. The summed E-state index contributed by atoms with van der Waals surface area (Å²) in [6.45, 7) is 0. The van der Waals surface area contributed by atoms with Gasteiger partial charge in [0.1, 0.15) is 0 Å². The first-order valence-electron chi connectivity index (χ1n) is 5.25. The molecule has 1 amide bonds. The smallest absolute Gasteiger partial charge is 0.407 e. The number of methoxy groups -OCH3 is 1. The number of hydrogen-bond donors (Lipinski definition) is 1. The highest BCUT2D eigenvalue weighted by atomic mass is 35.5. The Morgan fingerprint density at radius 1 is 1.28 bits per heavy atom. The van der Waals surface area contributed by atoms with Crippen molar-refractivity contribution in [1.82, 2.24) is 5.32 Å². The number of Topliss-reactive ketones (excluding diaryl/α,β-unsaturated/α-hetero) is 1. The third kappa shape index (κ3) is 4.55. The Balaban J connectivity index is 2.77. The van der Waals surface area contributed by atoms with Crippen molar-refractivity contribution in [2.24, 2.45) is 0 Å². The van der Waals surface area contributed by atoms with Crippen LogP contribution in [0.15, 0.2) is 30.3 Å². The van der Waals surface area contributed by atoms with Crippen LogP contribution in [0.1, 0.15) is 5.56 Å². The number of carbonyl (C=O) groups is 2. The molecule has 1 rings (SSSR count). The number of rotatable bonds is 5. The van der Waals surface area contributed by atoms with Gasteiger partial charge in [-0.05, 0) is 12.0 Å². The fraction of sp³-hybridized carbons (Fsp3) is 0.333. The zero-order valence-corrected chi connectivity index (χ0v) is 11.2. The highest BCUT2D eigenvalue weighted by molar-refractivity contribution is 6.54.